The van der Waals surface area contributed by atoms with Gasteiger partial charge in [-0.3, -0.25) is 0 Å². The van der Waals surface area contributed by atoms with Gasteiger partial charge >= 0.3 is 0 Å². The van der Waals surface area contributed by atoms with Crippen LogP contribution in [-0.4, -0.2) is 0 Å². The van der Waals surface area contributed by atoms with E-state index in [1.165, 1.54) is 112 Å². The van der Waals surface area contributed by atoms with Crippen molar-refractivity contribution in [3.63, 3.8) is 0 Å². The highest BCUT2D eigenvalue weighted by atomic mass is 32.2. The van der Waals surface area contributed by atoms with Crippen LogP contribution in [0.2, 0.25) is 0 Å². The largest absolute Gasteiger partial charge is 0.145 e. The van der Waals surface area contributed by atoms with Crippen molar-refractivity contribution in [2.75, 3.05) is 0 Å². The Balaban J connectivity index is 1.53. The average molecular weight is 701 g/mol. The number of hydrogen-bond acceptors (Lipinski definition) is 8. The van der Waals surface area contributed by atoms with Crippen LogP contribution in [0.1, 0.15) is 83.5 Å². The van der Waals surface area contributed by atoms with Crippen LogP contribution in [-0.2, 0) is 0 Å². The van der Waals surface area contributed by atoms with E-state index in [1.54, 1.807) is 0 Å². The quantitative estimate of drug-likeness (QED) is 0.208. The third kappa shape index (κ3) is 5.04. The van der Waals surface area contributed by atoms with Gasteiger partial charge in [0.25, 0.3) is 0 Å². The minimum absolute atomic E-state index is 1.43. The Morgan fingerprint density at radius 1 is 0.262 bits per heavy atom. The van der Waals surface area contributed by atoms with Gasteiger partial charge in [0.05, 0.1) is 8.47 Å². The second-order valence-corrected chi connectivity index (χ2v) is 21.5. The molecule has 0 radical (unpaired) electrons. The smallest absolute Gasteiger partial charge is 0.0707 e. The molecule has 0 aromatic carbocycles. The molecule has 0 aliphatic carbocycles. The topological polar surface area (TPSA) is 0 Å². The second kappa shape index (κ2) is 11.7. The van der Waals surface area contributed by atoms with Gasteiger partial charge in [-0.2, -0.15) is 0 Å². The normalized spacial score (nSPS) is 15.9. The lowest BCUT2D eigenvalue weighted by molar-refractivity contribution is 1.39. The van der Waals surface area contributed by atoms with Gasteiger partial charge in [-0.05, 0) is 105 Å². The highest BCUT2D eigenvalue weighted by Gasteiger charge is 2.36. The van der Waals surface area contributed by atoms with Gasteiger partial charge in [-0.1, -0.05) is 47.0 Å². The summed E-state index contributed by atoms with van der Waals surface area (Å²) in [6, 6.07) is 0. The fraction of sp³-hybridized carbons (Fsp3) is 0.353. The molecule has 0 atom stereocenters. The molecule has 220 valence electrons. The summed E-state index contributed by atoms with van der Waals surface area (Å²) in [6.07, 6.45) is 0. The number of thiophene rings is 4. The van der Waals surface area contributed by atoms with Crippen molar-refractivity contribution in [3.8, 4) is 0 Å². The van der Waals surface area contributed by atoms with Crippen LogP contribution < -0.4 is 0 Å². The van der Waals surface area contributed by atoms with Crippen LogP contribution in [0.5, 0.6) is 0 Å². The molecular formula is C34H36S8. The van der Waals surface area contributed by atoms with Crippen molar-refractivity contribution in [2.45, 2.75) is 83.1 Å². The van der Waals surface area contributed by atoms with Crippen molar-refractivity contribution in [1.82, 2.24) is 0 Å². The minimum Gasteiger partial charge on any atom is -0.145 e. The van der Waals surface area contributed by atoms with E-state index in [-0.39, 0.29) is 0 Å². The van der Waals surface area contributed by atoms with E-state index in [4.69, 9.17) is 0 Å². The lowest BCUT2D eigenvalue weighted by atomic mass is 10.1. The lowest BCUT2D eigenvalue weighted by Gasteiger charge is -2.09. The summed E-state index contributed by atoms with van der Waals surface area (Å²) in [5.74, 6) is 0. The maximum absolute atomic E-state index is 2.32. The Bertz CT molecular complexity index is 1620. The number of thioether (sulfide) groups is 4. The molecule has 42 heavy (non-hydrogen) atoms. The second-order valence-electron chi connectivity index (χ2n) is 11.2. The Kier molecular flexibility index (Phi) is 8.71. The Hall–Kier alpha value is -0.580. The maximum Gasteiger partial charge on any atom is 0.0707 e. The SMILES string of the molecule is Cc1sc(C)c(C2=C(c3c(C)sc(C)c3C)SC(=C3SC(c4c(C)sc(C)c4C)=C(c4c(C)sc(C)c4C)S3)S2)c1C. The van der Waals surface area contributed by atoms with Crippen molar-refractivity contribution in [2.24, 2.45) is 0 Å². The summed E-state index contributed by atoms with van der Waals surface area (Å²) in [6.45, 7) is 27.6. The molecule has 2 aliphatic heterocycles. The Morgan fingerprint density at radius 2 is 0.452 bits per heavy atom. The van der Waals surface area contributed by atoms with Crippen LogP contribution in [0.4, 0.5) is 0 Å². The molecule has 0 unspecified atom stereocenters. The molecular weight excluding hydrogens is 665 g/mol. The third-order valence-electron chi connectivity index (χ3n) is 8.51. The molecule has 0 fully saturated rings. The van der Waals surface area contributed by atoms with Gasteiger partial charge < -0.3 is 0 Å². The summed E-state index contributed by atoms with van der Waals surface area (Å²) < 4.78 is 2.88. The highest BCUT2D eigenvalue weighted by molar-refractivity contribution is 8.39. The Labute approximate surface area is 284 Å². The molecule has 0 N–H and O–H groups in total. The first-order chi connectivity index (χ1) is 19.8. The van der Waals surface area contributed by atoms with E-state index in [1.807, 2.05) is 92.4 Å². The van der Waals surface area contributed by atoms with Gasteiger partial charge in [0.2, 0.25) is 0 Å². The predicted octanol–water partition coefficient (Wildman–Crippen LogP) is 14.1. The summed E-state index contributed by atoms with van der Waals surface area (Å²) in [4.78, 5) is 17.3. The molecule has 0 amide bonds. The third-order valence-corrected chi connectivity index (χ3v) is 18.8. The molecule has 8 heteroatoms. The van der Waals surface area contributed by atoms with Crippen LogP contribution in [0.15, 0.2) is 8.47 Å². The summed E-state index contributed by atoms with van der Waals surface area (Å²) in [5, 5.41) is 0. The first-order valence-electron chi connectivity index (χ1n) is 14.0. The van der Waals surface area contributed by atoms with Gasteiger partial charge in [0.15, 0.2) is 0 Å². The van der Waals surface area contributed by atoms with Gasteiger partial charge in [0, 0.05) is 80.9 Å². The predicted molar refractivity (Wildman–Crippen MR) is 205 cm³/mol. The summed E-state index contributed by atoms with van der Waals surface area (Å²) in [7, 11) is 0. The van der Waals surface area contributed by atoms with E-state index in [0.29, 0.717) is 0 Å². The monoisotopic (exact) mass is 700 g/mol. The molecule has 6 rings (SSSR count). The standard InChI is InChI=1S/C34H36S8/c1-13-17(5)35-21(9)25(13)29-30(26-14(2)18(6)36-22(26)10)40-33(39-29)34-41-31(27-15(3)19(7)37-23(27)11)32(42-34)28-16(4)20(8)38-24(28)12/h1-12H3. The first-order valence-corrected chi connectivity index (χ1v) is 20.5. The molecule has 6 heterocycles. The molecule has 0 saturated heterocycles. The molecule has 2 aliphatic rings. The van der Waals surface area contributed by atoms with Crippen molar-refractivity contribution >= 4 is 112 Å². The fourth-order valence-electron chi connectivity index (χ4n) is 5.93. The van der Waals surface area contributed by atoms with Gasteiger partial charge in [-0.25, -0.2) is 0 Å². The van der Waals surface area contributed by atoms with Crippen LogP contribution in [0.25, 0.3) is 19.6 Å². The van der Waals surface area contributed by atoms with Gasteiger partial charge in [0.1, 0.15) is 0 Å². The summed E-state index contributed by atoms with van der Waals surface area (Å²) >= 11 is 15.9. The van der Waals surface area contributed by atoms with E-state index >= 15 is 0 Å². The molecule has 0 spiro atoms. The van der Waals surface area contributed by atoms with Crippen LogP contribution in [0.3, 0.4) is 0 Å². The molecule has 0 saturated carbocycles. The summed E-state index contributed by atoms with van der Waals surface area (Å²) in [5.41, 5.74) is 11.6. The van der Waals surface area contributed by atoms with E-state index < -0.39 is 0 Å². The fourth-order valence-corrected chi connectivity index (χ4v) is 16.8. The van der Waals surface area contributed by atoms with Crippen LogP contribution in [0, 0.1) is 83.1 Å². The lowest BCUT2D eigenvalue weighted by Crippen LogP contribution is -1.88. The number of rotatable bonds is 4. The highest BCUT2D eigenvalue weighted by Crippen LogP contribution is 2.68. The van der Waals surface area contributed by atoms with Gasteiger partial charge in [-0.15, -0.1) is 45.3 Å². The first kappa shape index (κ1) is 31.4. The Morgan fingerprint density at radius 3 is 0.595 bits per heavy atom. The van der Waals surface area contributed by atoms with E-state index in [9.17, 15) is 0 Å². The zero-order valence-electron chi connectivity index (χ0n) is 26.3. The zero-order valence-corrected chi connectivity index (χ0v) is 32.8. The molecule has 0 bridgehead atoms. The number of hydrogen-bond donors (Lipinski definition) is 0. The molecule has 0 nitrogen and oxygen atoms in total. The minimum atomic E-state index is 1.43. The van der Waals surface area contributed by atoms with E-state index in [0.717, 1.165) is 0 Å². The maximum atomic E-state index is 2.32. The van der Waals surface area contributed by atoms with E-state index in [2.05, 4.69) is 83.1 Å². The molecule has 4 aromatic heterocycles. The van der Waals surface area contributed by atoms with Crippen molar-refractivity contribution in [1.29, 1.82) is 0 Å². The van der Waals surface area contributed by atoms with Crippen molar-refractivity contribution < 1.29 is 0 Å². The van der Waals surface area contributed by atoms with Crippen LogP contribution >= 0.6 is 92.4 Å². The number of aryl methyl sites for hydroxylation is 8. The van der Waals surface area contributed by atoms with Crippen molar-refractivity contribution in [3.05, 3.63) is 92.0 Å². The zero-order chi connectivity index (χ0) is 30.4. The molecule has 4 aromatic rings. The average Bonchev–Trinajstić information content (AvgIpc) is 3.72.